The fourth-order valence-corrected chi connectivity index (χ4v) is 4.23. The summed E-state index contributed by atoms with van der Waals surface area (Å²) in [6.07, 6.45) is 0.664. The number of benzene rings is 2. The molecule has 0 spiro atoms. The van der Waals surface area contributed by atoms with Crippen molar-refractivity contribution in [2.75, 3.05) is 20.8 Å². The maximum Gasteiger partial charge on any atom is 0.262 e. The molecular weight excluding hydrogens is 414 g/mol. The molecule has 31 heavy (non-hydrogen) atoms. The lowest BCUT2D eigenvalue weighted by molar-refractivity contribution is -0.120. The molecular formula is C23H27N3O4S. The average Bonchev–Trinajstić information content (AvgIpc) is 2.79. The van der Waals surface area contributed by atoms with Crippen LogP contribution in [-0.4, -0.2) is 41.5 Å². The van der Waals surface area contributed by atoms with Crippen molar-refractivity contribution < 1.29 is 14.3 Å². The summed E-state index contributed by atoms with van der Waals surface area (Å²) in [5.74, 6) is 1.23. The number of thioether (sulfide) groups is 1. The molecule has 0 fully saturated rings. The van der Waals surface area contributed by atoms with Gasteiger partial charge in [0.15, 0.2) is 16.7 Å². The Bertz CT molecular complexity index is 1130. The van der Waals surface area contributed by atoms with Crippen LogP contribution in [0.5, 0.6) is 11.5 Å². The minimum atomic E-state index is -0.392. The lowest BCUT2D eigenvalue weighted by Gasteiger charge is -2.15. The lowest BCUT2D eigenvalue weighted by atomic mass is 10.1. The molecule has 1 aromatic heterocycles. The first-order valence-electron chi connectivity index (χ1n) is 10.1. The first-order chi connectivity index (χ1) is 15.0. The summed E-state index contributed by atoms with van der Waals surface area (Å²) in [6, 6.07) is 13.0. The third-order valence-electron chi connectivity index (χ3n) is 4.96. The van der Waals surface area contributed by atoms with Gasteiger partial charge in [-0.15, -0.1) is 0 Å². The van der Waals surface area contributed by atoms with Crippen molar-refractivity contribution >= 4 is 28.6 Å². The Morgan fingerprint density at radius 1 is 1.16 bits per heavy atom. The van der Waals surface area contributed by atoms with Crippen LogP contribution in [0.25, 0.3) is 10.9 Å². The third-order valence-corrected chi connectivity index (χ3v) is 6.05. The number of carbonyl (C=O) groups is 1. The van der Waals surface area contributed by atoms with Gasteiger partial charge >= 0.3 is 0 Å². The second-order valence-corrected chi connectivity index (χ2v) is 8.26. The van der Waals surface area contributed by atoms with Crippen molar-refractivity contribution in [1.29, 1.82) is 0 Å². The fraction of sp³-hybridized carbons (Fsp3) is 0.348. The molecule has 8 heteroatoms. The largest absolute Gasteiger partial charge is 0.493 e. The smallest absolute Gasteiger partial charge is 0.262 e. The van der Waals surface area contributed by atoms with Gasteiger partial charge in [0.05, 0.1) is 30.4 Å². The van der Waals surface area contributed by atoms with Crippen molar-refractivity contribution in [3.63, 3.8) is 0 Å². The number of nitrogens with zero attached hydrogens (tertiary/aromatic N) is 2. The quantitative estimate of drug-likeness (QED) is 0.405. The van der Waals surface area contributed by atoms with Crippen molar-refractivity contribution in [3.05, 3.63) is 58.4 Å². The van der Waals surface area contributed by atoms with E-state index in [-0.39, 0.29) is 11.5 Å². The summed E-state index contributed by atoms with van der Waals surface area (Å²) in [5.41, 5.74) is 1.59. The lowest BCUT2D eigenvalue weighted by Crippen LogP contribution is -2.33. The first kappa shape index (κ1) is 22.7. The Balaban J connectivity index is 1.64. The van der Waals surface area contributed by atoms with E-state index in [1.54, 1.807) is 24.9 Å². The number of fused-ring (bicyclic) bond motifs is 1. The van der Waals surface area contributed by atoms with Crippen LogP contribution in [0.3, 0.4) is 0 Å². The SMILES string of the molecule is CCn1c(S[C@@H](C)C(=O)NCCc2ccc(OC)c(OC)c2)nc2ccccc2c1=O. The molecule has 0 aliphatic carbocycles. The molecule has 3 rings (SSSR count). The molecule has 0 unspecified atom stereocenters. The molecule has 1 atom stereocenters. The Morgan fingerprint density at radius 2 is 1.90 bits per heavy atom. The number of methoxy groups -OCH3 is 2. The predicted octanol–water partition coefficient (Wildman–Crippen LogP) is 3.27. The fourth-order valence-electron chi connectivity index (χ4n) is 3.24. The number of amides is 1. The highest BCUT2D eigenvalue weighted by atomic mass is 32.2. The van der Waals surface area contributed by atoms with Crippen LogP contribution >= 0.6 is 11.8 Å². The van der Waals surface area contributed by atoms with Gasteiger partial charge in [0, 0.05) is 13.1 Å². The molecule has 0 saturated heterocycles. The summed E-state index contributed by atoms with van der Waals surface area (Å²) in [7, 11) is 3.19. The van der Waals surface area contributed by atoms with E-state index < -0.39 is 5.25 Å². The zero-order valence-electron chi connectivity index (χ0n) is 18.2. The number of carbonyl (C=O) groups excluding carboxylic acids is 1. The molecule has 0 aliphatic heterocycles. The molecule has 1 heterocycles. The number of rotatable bonds is 9. The Hall–Kier alpha value is -3.00. The molecule has 2 aromatic carbocycles. The molecule has 7 nitrogen and oxygen atoms in total. The highest BCUT2D eigenvalue weighted by molar-refractivity contribution is 8.00. The molecule has 0 saturated carbocycles. The van der Waals surface area contributed by atoms with E-state index in [0.29, 0.717) is 47.1 Å². The topological polar surface area (TPSA) is 82.5 Å². The number of para-hydroxylation sites is 1. The number of ether oxygens (including phenoxy) is 2. The third kappa shape index (κ3) is 5.19. The molecule has 1 amide bonds. The van der Waals surface area contributed by atoms with E-state index in [9.17, 15) is 9.59 Å². The number of nitrogens with one attached hydrogen (secondary N) is 1. The highest BCUT2D eigenvalue weighted by Gasteiger charge is 2.18. The van der Waals surface area contributed by atoms with Crippen LogP contribution < -0.4 is 20.3 Å². The van der Waals surface area contributed by atoms with Gasteiger partial charge in [-0.3, -0.25) is 14.2 Å². The van der Waals surface area contributed by atoms with E-state index >= 15 is 0 Å². The standard InChI is InChI=1S/C23H27N3O4S/c1-5-26-22(28)17-8-6-7-9-18(17)25-23(26)31-15(2)21(27)24-13-12-16-10-11-19(29-3)20(14-16)30-4/h6-11,14-15H,5,12-13H2,1-4H3,(H,24,27)/t15-/m0/s1. The minimum Gasteiger partial charge on any atom is -0.493 e. The van der Waals surface area contributed by atoms with Crippen LogP contribution in [0.4, 0.5) is 0 Å². The Morgan fingerprint density at radius 3 is 2.61 bits per heavy atom. The predicted molar refractivity (Wildman–Crippen MR) is 123 cm³/mol. The van der Waals surface area contributed by atoms with Gasteiger partial charge in [-0.25, -0.2) is 4.98 Å². The summed E-state index contributed by atoms with van der Waals surface area (Å²) < 4.78 is 12.2. The summed E-state index contributed by atoms with van der Waals surface area (Å²) in [4.78, 5) is 30.0. The molecule has 0 bridgehead atoms. The molecule has 0 radical (unpaired) electrons. The highest BCUT2D eigenvalue weighted by Crippen LogP contribution is 2.27. The summed E-state index contributed by atoms with van der Waals surface area (Å²) in [5, 5.41) is 3.70. The second-order valence-electron chi connectivity index (χ2n) is 6.95. The van der Waals surface area contributed by atoms with Gasteiger partial charge in [0.1, 0.15) is 0 Å². The van der Waals surface area contributed by atoms with Crippen LogP contribution in [0.2, 0.25) is 0 Å². The van der Waals surface area contributed by atoms with Gasteiger partial charge in [0.25, 0.3) is 5.56 Å². The van der Waals surface area contributed by atoms with E-state index in [1.165, 1.54) is 11.8 Å². The molecule has 3 aromatic rings. The molecule has 1 N–H and O–H groups in total. The summed E-state index contributed by atoms with van der Waals surface area (Å²) >= 11 is 1.29. The van der Waals surface area contributed by atoms with Crippen molar-refractivity contribution in [1.82, 2.24) is 14.9 Å². The van der Waals surface area contributed by atoms with E-state index in [2.05, 4.69) is 10.3 Å². The van der Waals surface area contributed by atoms with Gasteiger partial charge in [0.2, 0.25) is 5.91 Å². The Kier molecular flexibility index (Phi) is 7.57. The maximum absolute atomic E-state index is 12.7. The van der Waals surface area contributed by atoms with Gasteiger partial charge in [-0.05, 0) is 50.1 Å². The van der Waals surface area contributed by atoms with Crippen molar-refractivity contribution in [2.24, 2.45) is 0 Å². The number of hydrogen-bond donors (Lipinski definition) is 1. The zero-order chi connectivity index (χ0) is 22.4. The van der Waals surface area contributed by atoms with Crippen LogP contribution in [0.1, 0.15) is 19.4 Å². The summed E-state index contributed by atoms with van der Waals surface area (Å²) in [6.45, 7) is 4.70. The monoisotopic (exact) mass is 441 g/mol. The first-order valence-corrected chi connectivity index (χ1v) is 11.0. The van der Waals surface area contributed by atoms with Crippen LogP contribution in [-0.2, 0) is 17.8 Å². The minimum absolute atomic E-state index is 0.0864. The maximum atomic E-state index is 12.7. The van der Waals surface area contributed by atoms with Gasteiger partial charge in [-0.1, -0.05) is 30.0 Å². The Labute approximate surface area is 185 Å². The van der Waals surface area contributed by atoms with Crippen molar-refractivity contribution in [3.8, 4) is 11.5 Å². The van der Waals surface area contributed by atoms with Gasteiger partial charge < -0.3 is 14.8 Å². The molecule has 0 aliphatic rings. The normalized spacial score (nSPS) is 11.9. The van der Waals surface area contributed by atoms with E-state index in [0.717, 1.165) is 5.56 Å². The van der Waals surface area contributed by atoms with Crippen LogP contribution in [0, 0.1) is 0 Å². The number of aromatic nitrogens is 2. The number of hydrogen-bond acceptors (Lipinski definition) is 6. The van der Waals surface area contributed by atoms with Crippen LogP contribution in [0.15, 0.2) is 52.4 Å². The second kappa shape index (κ2) is 10.3. The van der Waals surface area contributed by atoms with Gasteiger partial charge in [-0.2, -0.15) is 0 Å². The molecule has 164 valence electrons. The van der Waals surface area contributed by atoms with E-state index in [1.807, 2.05) is 50.2 Å². The zero-order valence-corrected chi connectivity index (χ0v) is 19.0. The van der Waals surface area contributed by atoms with E-state index in [4.69, 9.17) is 9.47 Å². The average molecular weight is 442 g/mol. The van der Waals surface area contributed by atoms with Crippen molar-refractivity contribution in [2.45, 2.75) is 37.2 Å².